The van der Waals surface area contributed by atoms with Crippen molar-refractivity contribution < 1.29 is 9.47 Å². The van der Waals surface area contributed by atoms with Crippen LogP contribution >= 0.6 is 0 Å². The highest BCUT2D eigenvalue weighted by molar-refractivity contribution is 4.96. The van der Waals surface area contributed by atoms with Crippen LogP contribution in [0.3, 0.4) is 0 Å². The highest BCUT2D eigenvalue weighted by atomic mass is 16.7. The minimum absolute atomic E-state index is 0.332. The SMILES string of the molecule is C=C/C=C\CCCCCCC(CCCCC)(OCC)OCC. The summed E-state index contributed by atoms with van der Waals surface area (Å²) in [7, 11) is 0. The average molecular weight is 311 g/mol. The van der Waals surface area contributed by atoms with Crippen molar-refractivity contribution >= 4 is 0 Å². The predicted octanol–water partition coefficient (Wildman–Crippen LogP) is 6.42. The highest BCUT2D eigenvalue weighted by Gasteiger charge is 2.29. The molecule has 0 aliphatic rings. The second kappa shape index (κ2) is 15.3. The molecule has 0 radical (unpaired) electrons. The zero-order valence-electron chi connectivity index (χ0n) is 15.2. The first-order valence-electron chi connectivity index (χ1n) is 9.30. The van der Waals surface area contributed by atoms with Gasteiger partial charge in [0, 0.05) is 26.1 Å². The molecule has 0 unspecified atom stereocenters. The zero-order chi connectivity index (χ0) is 16.5. The van der Waals surface area contributed by atoms with Crippen LogP contribution in [0, 0.1) is 0 Å². The summed E-state index contributed by atoms with van der Waals surface area (Å²) in [6.45, 7) is 11.5. The van der Waals surface area contributed by atoms with Gasteiger partial charge in [-0.2, -0.15) is 0 Å². The van der Waals surface area contributed by atoms with Crippen LogP contribution in [0.4, 0.5) is 0 Å². The minimum Gasteiger partial charge on any atom is -0.350 e. The van der Waals surface area contributed by atoms with E-state index >= 15 is 0 Å². The summed E-state index contributed by atoms with van der Waals surface area (Å²) in [6.07, 6.45) is 18.0. The van der Waals surface area contributed by atoms with Gasteiger partial charge in [0.1, 0.15) is 0 Å². The lowest BCUT2D eigenvalue weighted by Crippen LogP contribution is -2.36. The molecular formula is C20H38O2. The quantitative estimate of drug-likeness (QED) is 0.186. The molecule has 0 spiro atoms. The van der Waals surface area contributed by atoms with Crippen LogP contribution in [0.5, 0.6) is 0 Å². The van der Waals surface area contributed by atoms with Gasteiger partial charge in [-0.25, -0.2) is 0 Å². The first-order chi connectivity index (χ1) is 10.7. The smallest absolute Gasteiger partial charge is 0.168 e. The Kier molecular flexibility index (Phi) is 14.9. The lowest BCUT2D eigenvalue weighted by atomic mass is 9.99. The molecule has 0 saturated carbocycles. The molecule has 22 heavy (non-hydrogen) atoms. The van der Waals surface area contributed by atoms with Crippen LogP contribution in [-0.2, 0) is 9.47 Å². The van der Waals surface area contributed by atoms with Gasteiger partial charge in [-0.1, -0.05) is 57.4 Å². The molecule has 0 bridgehead atoms. The Hall–Kier alpha value is -0.600. The third-order valence-electron chi connectivity index (χ3n) is 3.93. The topological polar surface area (TPSA) is 18.5 Å². The fourth-order valence-electron chi connectivity index (χ4n) is 2.83. The average Bonchev–Trinajstić information content (AvgIpc) is 2.51. The molecule has 0 heterocycles. The van der Waals surface area contributed by atoms with Crippen LogP contribution in [-0.4, -0.2) is 19.0 Å². The Balaban J connectivity index is 4.09. The van der Waals surface area contributed by atoms with E-state index in [0.717, 1.165) is 32.5 Å². The number of allylic oxidation sites excluding steroid dienone is 3. The predicted molar refractivity (Wildman–Crippen MR) is 97.2 cm³/mol. The van der Waals surface area contributed by atoms with E-state index in [9.17, 15) is 0 Å². The Morgan fingerprint density at radius 2 is 1.41 bits per heavy atom. The van der Waals surface area contributed by atoms with Gasteiger partial charge in [0.15, 0.2) is 5.79 Å². The molecule has 0 fully saturated rings. The second-order valence-electron chi connectivity index (χ2n) is 5.85. The van der Waals surface area contributed by atoms with E-state index < -0.39 is 0 Å². The first-order valence-corrected chi connectivity index (χ1v) is 9.30. The minimum atomic E-state index is -0.332. The summed E-state index contributed by atoms with van der Waals surface area (Å²) in [5.74, 6) is -0.332. The van der Waals surface area contributed by atoms with Crippen molar-refractivity contribution in [1.29, 1.82) is 0 Å². The van der Waals surface area contributed by atoms with Crippen LogP contribution < -0.4 is 0 Å². The molecular weight excluding hydrogens is 272 g/mol. The molecule has 130 valence electrons. The third-order valence-corrected chi connectivity index (χ3v) is 3.93. The molecule has 0 aliphatic carbocycles. The summed E-state index contributed by atoms with van der Waals surface area (Å²) < 4.78 is 12.1. The summed E-state index contributed by atoms with van der Waals surface area (Å²) in [4.78, 5) is 0. The molecule has 0 saturated heterocycles. The van der Waals surface area contributed by atoms with Gasteiger partial charge in [-0.3, -0.25) is 0 Å². The van der Waals surface area contributed by atoms with Crippen molar-refractivity contribution in [3.8, 4) is 0 Å². The highest BCUT2D eigenvalue weighted by Crippen LogP contribution is 2.28. The fourth-order valence-corrected chi connectivity index (χ4v) is 2.83. The number of rotatable bonds is 16. The largest absolute Gasteiger partial charge is 0.350 e. The van der Waals surface area contributed by atoms with Gasteiger partial charge in [0.05, 0.1) is 0 Å². The molecule has 0 aromatic carbocycles. The Morgan fingerprint density at radius 3 is 1.95 bits per heavy atom. The van der Waals surface area contributed by atoms with E-state index in [2.05, 4.69) is 33.4 Å². The monoisotopic (exact) mass is 310 g/mol. The third kappa shape index (κ3) is 11.0. The molecule has 0 aromatic rings. The van der Waals surface area contributed by atoms with Gasteiger partial charge in [0.25, 0.3) is 0 Å². The van der Waals surface area contributed by atoms with E-state index in [-0.39, 0.29) is 5.79 Å². The lowest BCUT2D eigenvalue weighted by molar-refractivity contribution is -0.242. The maximum atomic E-state index is 6.03. The molecule has 0 amide bonds. The standard InChI is InChI=1S/C20H38O2/c1-5-9-11-12-13-14-15-17-19-20(21-7-3,22-8-4)18-16-10-6-2/h5,9,11H,1,6-8,10,12-19H2,2-4H3/b11-9-. The molecule has 0 N–H and O–H groups in total. The van der Waals surface area contributed by atoms with E-state index in [1.54, 1.807) is 0 Å². The van der Waals surface area contributed by atoms with Crippen molar-refractivity contribution in [2.45, 2.75) is 90.8 Å². The summed E-state index contributed by atoms with van der Waals surface area (Å²) >= 11 is 0. The summed E-state index contributed by atoms with van der Waals surface area (Å²) in [6, 6.07) is 0. The van der Waals surface area contributed by atoms with Crippen molar-refractivity contribution in [2.75, 3.05) is 13.2 Å². The van der Waals surface area contributed by atoms with Crippen molar-refractivity contribution in [1.82, 2.24) is 0 Å². The van der Waals surface area contributed by atoms with Crippen LogP contribution in [0.15, 0.2) is 24.8 Å². The van der Waals surface area contributed by atoms with Gasteiger partial charge in [-0.05, 0) is 39.5 Å². The normalized spacial score (nSPS) is 12.1. The van der Waals surface area contributed by atoms with Crippen molar-refractivity contribution in [2.24, 2.45) is 0 Å². The Morgan fingerprint density at radius 1 is 0.818 bits per heavy atom. The van der Waals surface area contributed by atoms with Crippen LogP contribution in [0.2, 0.25) is 0 Å². The number of hydrogen-bond acceptors (Lipinski definition) is 2. The molecule has 2 heteroatoms. The van der Waals surface area contributed by atoms with Gasteiger partial charge < -0.3 is 9.47 Å². The number of hydrogen-bond donors (Lipinski definition) is 0. The second-order valence-corrected chi connectivity index (χ2v) is 5.85. The summed E-state index contributed by atoms with van der Waals surface area (Å²) in [5.41, 5.74) is 0. The van der Waals surface area contributed by atoms with Crippen LogP contribution in [0.1, 0.15) is 85.0 Å². The number of ether oxygens (including phenoxy) is 2. The molecule has 0 aliphatic heterocycles. The van der Waals surface area contributed by atoms with E-state index in [1.807, 2.05) is 12.2 Å². The maximum absolute atomic E-state index is 6.03. The fraction of sp³-hybridized carbons (Fsp3) is 0.800. The molecule has 0 aromatic heterocycles. The molecule has 2 nitrogen and oxygen atoms in total. The molecule has 0 atom stereocenters. The van der Waals surface area contributed by atoms with Gasteiger partial charge in [0.2, 0.25) is 0 Å². The van der Waals surface area contributed by atoms with Gasteiger partial charge in [-0.15, -0.1) is 0 Å². The first kappa shape index (κ1) is 21.4. The Bertz CT molecular complexity index is 265. The van der Waals surface area contributed by atoms with E-state index in [0.29, 0.717) is 0 Å². The van der Waals surface area contributed by atoms with Crippen molar-refractivity contribution in [3.05, 3.63) is 24.8 Å². The maximum Gasteiger partial charge on any atom is 0.168 e. The van der Waals surface area contributed by atoms with Crippen LogP contribution in [0.25, 0.3) is 0 Å². The van der Waals surface area contributed by atoms with Crippen molar-refractivity contribution in [3.63, 3.8) is 0 Å². The zero-order valence-corrected chi connectivity index (χ0v) is 15.2. The lowest BCUT2D eigenvalue weighted by Gasteiger charge is -2.33. The summed E-state index contributed by atoms with van der Waals surface area (Å²) in [5, 5.41) is 0. The molecule has 0 rings (SSSR count). The van der Waals surface area contributed by atoms with Gasteiger partial charge >= 0.3 is 0 Å². The van der Waals surface area contributed by atoms with E-state index in [1.165, 1.54) is 44.9 Å². The number of unbranched alkanes of at least 4 members (excludes halogenated alkanes) is 6. The Labute approximate surface area is 139 Å². The van der Waals surface area contributed by atoms with E-state index in [4.69, 9.17) is 9.47 Å².